The van der Waals surface area contributed by atoms with Gasteiger partial charge in [-0.25, -0.2) is 0 Å². The molecule has 0 bridgehead atoms. The van der Waals surface area contributed by atoms with Gasteiger partial charge in [0.1, 0.15) is 6.54 Å². The van der Waals surface area contributed by atoms with Gasteiger partial charge in [0.2, 0.25) is 5.91 Å². The Morgan fingerprint density at radius 2 is 2.12 bits per heavy atom. The molecule has 0 aliphatic heterocycles. The Morgan fingerprint density at radius 3 is 2.69 bits per heavy atom. The fourth-order valence-electron chi connectivity index (χ4n) is 1.26. The summed E-state index contributed by atoms with van der Waals surface area (Å²) < 4.78 is 0. The van der Waals surface area contributed by atoms with Crippen molar-refractivity contribution in [1.29, 1.82) is 5.26 Å². The van der Waals surface area contributed by atoms with Crippen LogP contribution in [0.3, 0.4) is 0 Å². The molecule has 0 unspecified atom stereocenters. The molecule has 0 aromatic heterocycles. The third-order valence-electron chi connectivity index (χ3n) is 1.96. The number of benzene rings is 1. The van der Waals surface area contributed by atoms with Crippen LogP contribution in [0.5, 0.6) is 0 Å². The Labute approximate surface area is 99.8 Å². The molecule has 1 rings (SSSR count). The average molecular weight is 234 g/mol. The van der Waals surface area contributed by atoms with E-state index in [9.17, 15) is 4.79 Å². The Bertz CT molecular complexity index is 381. The molecule has 0 radical (unpaired) electrons. The second-order valence-electron chi connectivity index (χ2n) is 3.19. The summed E-state index contributed by atoms with van der Waals surface area (Å²) in [4.78, 5) is 12.5. The van der Waals surface area contributed by atoms with Gasteiger partial charge in [0.15, 0.2) is 0 Å². The van der Waals surface area contributed by atoms with Crippen molar-refractivity contribution in [2.24, 2.45) is 0 Å². The topological polar surface area (TPSA) is 52.9 Å². The Balaban J connectivity index is 2.49. The summed E-state index contributed by atoms with van der Waals surface area (Å²) in [5, 5.41) is 10.8. The molecule has 3 nitrogen and oxygen atoms in total. The van der Waals surface area contributed by atoms with Gasteiger partial charge in [-0.15, -0.1) is 11.8 Å². The number of hydrogen-bond donors (Lipinski definition) is 1. The minimum atomic E-state index is -0.113. The molecule has 0 aliphatic carbocycles. The molecule has 0 aliphatic rings. The molecule has 1 aromatic rings. The molecule has 84 valence electrons. The van der Waals surface area contributed by atoms with Crippen molar-refractivity contribution in [2.75, 3.05) is 12.3 Å². The van der Waals surface area contributed by atoms with Crippen LogP contribution in [0.2, 0.25) is 0 Å². The molecular formula is C12H14N2OS. The summed E-state index contributed by atoms with van der Waals surface area (Å²) in [5.41, 5.74) is 0.968. The molecule has 4 heteroatoms. The maximum atomic E-state index is 11.3. The predicted octanol–water partition coefficient (Wildman–Crippen LogP) is 1.98. The van der Waals surface area contributed by atoms with E-state index < -0.39 is 0 Å². The number of carbonyl (C=O) groups excluding carboxylic acids is 1. The van der Waals surface area contributed by atoms with E-state index in [1.165, 1.54) is 4.90 Å². The normalized spacial score (nSPS) is 9.50. The van der Waals surface area contributed by atoms with Crippen LogP contribution in [-0.4, -0.2) is 18.2 Å². The minimum Gasteiger partial charge on any atom is -0.343 e. The number of rotatable bonds is 5. The van der Waals surface area contributed by atoms with Crippen molar-refractivity contribution < 1.29 is 4.79 Å². The van der Waals surface area contributed by atoms with E-state index in [4.69, 9.17) is 5.26 Å². The van der Waals surface area contributed by atoms with Crippen LogP contribution >= 0.6 is 11.8 Å². The lowest BCUT2D eigenvalue weighted by Gasteiger charge is -2.03. The van der Waals surface area contributed by atoms with Crippen molar-refractivity contribution in [3.05, 3.63) is 29.8 Å². The van der Waals surface area contributed by atoms with Crippen LogP contribution in [0.15, 0.2) is 29.2 Å². The number of carbonyl (C=O) groups is 1. The highest BCUT2D eigenvalue weighted by Crippen LogP contribution is 2.17. The quantitative estimate of drug-likeness (QED) is 0.626. The Hall–Kier alpha value is -1.47. The zero-order valence-electron chi connectivity index (χ0n) is 9.19. The monoisotopic (exact) mass is 234 g/mol. The third kappa shape index (κ3) is 4.37. The summed E-state index contributed by atoms with van der Waals surface area (Å²) in [6.07, 6.45) is 0.332. The molecule has 0 spiro atoms. The van der Waals surface area contributed by atoms with Gasteiger partial charge < -0.3 is 5.32 Å². The third-order valence-corrected chi connectivity index (χ3v) is 2.86. The van der Waals surface area contributed by atoms with Gasteiger partial charge in [0, 0.05) is 4.90 Å². The first kappa shape index (κ1) is 12.6. The zero-order valence-corrected chi connectivity index (χ0v) is 10.0. The lowest BCUT2D eigenvalue weighted by atomic mass is 10.1. The lowest BCUT2D eigenvalue weighted by Crippen LogP contribution is -2.25. The van der Waals surface area contributed by atoms with Crippen molar-refractivity contribution >= 4 is 17.7 Å². The fraction of sp³-hybridized carbons (Fsp3) is 0.333. The molecule has 1 N–H and O–H groups in total. The summed E-state index contributed by atoms with van der Waals surface area (Å²) in [6, 6.07) is 9.80. The van der Waals surface area contributed by atoms with E-state index in [1.54, 1.807) is 11.8 Å². The summed E-state index contributed by atoms with van der Waals surface area (Å²) in [5.74, 6) is 0.930. The molecule has 1 aromatic carbocycles. The first-order valence-electron chi connectivity index (χ1n) is 5.11. The van der Waals surface area contributed by atoms with E-state index >= 15 is 0 Å². The molecule has 0 fully saturated rings. The second kappa shape index (κ2) is 6.91. The van der Waals surface area contributed by atoms with E-state index in [0.717, 1.165) is 11.3 Å². The standard InChI is InChI=1S/C12H14N2OS/c1-2-16-11-5-3-10(4-6-11)9-12(15)14-8-7-13/h3-6H,2,8-9H2,1H3,(H,14,15). The minimum absolute atomic E-state index is 0.0720. The molecule has 16 heavy (non-hydrogen) atoms. The van der Waals surface area contributed by atoms with Crippen molar-refractivity contribution in [2.45, 2.75) is 18.2 Å². The number of nitrogens with zero attached hydrogens (tertiary/aromatic N) is 1. The van der Waals surface area contributed by atoms with Crippen LogP contribution in [0.4, 0.5) is 0 Å². The first-order chi connectivity index (χ1) is 7.76. The maximum absolute atomic E-state index is 11.3. The van der Waals surface area contributed by atoms with E-state index in [2.05, 4.69) is 12.2 Å². The van der Waals surface area contributed by atoms with Gasteiger partial charge >= 0.3 is 0 Å². The Kier molecular flexibility index (Phi) is 5.44. The SMILES string of the molecule is CCSc1ccc(CC(=O)NCC#N)cc1. The zero-order chi connectivity index (χ0) is 11.8. The number of nitriles is 1. The van der Waals surface area contributed by atoms with Crippen LogP contribution in [0, 0.1) is 11.3 Å². The average Bonchev–Trinajstić information content (AvgIpc) is 2.29. The predicted molar refractivity (Wildman–Crippen MR) is 65.2 cm³/mol. The van der Waals surface area contributed by atoms with Crippen molar-refractivity contribution in [1.82, 2.24) is 5.32 Å². The van der Waals surface area contributed by atoms with Gasteiger partial charge in [0.05, 0.1) is 12.5 Å². The van der Waals surface area contributed by atoms with Crippen LogP contribution in [-0.2, 0) is 11.2 Å². The molecule has 0 saturated heterocycles. The Morgan fingerprint density at radius 1 is 1.44 bits per heavy atom. The van der Waals surface area contributed by atoms with Gasteiger partial charge in [-0.05, 0) is 23.4 Å². The van der Waals surface area contributed by atoms with Crippen molar-refractivity contribution in [3.63, 3.8) is 0 Å². The molecule has 0 saturated carbocycles. The summed E-state index contributed by atoms with van der Waals surface area (Å²) in [6.45, 7) is 2.18. The van der Waals surface area contributed by atoms with Gasteiger partial charge in [-0.1, -0.05) is 19.1 Å². The highest BCUT2D eigenvalue weighted by Gasteiger charge is 2.02. The highest BCUT2D eigenvalue weighted by molar-refractivity contribution is 7.99. The van der Waals surface area contributed by atoms with E-state index in [1.807, 2.05) is 30.3 Å². The van der Waals surface area contributed by atoms with Crippen molar-refractivity contribution in [3.8, 4) is 6.07 Å². The molecule has 0 heterocycles. The number of hydrogen-bond acceptors (Lipinski definition) is 3. The van der Waals surface area contributed by atoms with E-state index in [-0.39, 0.29) is 12.5 Å². The summed E-state index contributed by atoms with van der Waals surface area (Å²) >= 11 is 1.77. The molecular weight excluding hydrogens is 220 g/mol. The number of thioether (sulfide) groups is 1. The number of nitrogens with one attached hydrogen (secondary N) is 1. The van der Waals surface area contributed by atoms with Crippen LogP contribution in [0.1, 0.15) is 12.5 Å². The van der Waals surface area contributed by atoms with E-state index in [0.29, 0.717) is 6.42 Å². The second-order valence-corrected chi connectivity index (χ2v) is 4.53. The van der Waals surface area contributed by atoms with Gasteiger partial charge in [-0.3, -0.25) is 4.79 Å². The lowest BCUT2D eigenvalue weighted by molar-refractivity contribution is -0.120. The number of amides is 1. The summed E-state index contributed by atoms with van der Waals surface area (Å²) in [7, 11) is 0. The molecule has 1 amide bonds. The van der Waals surface area contributed by atoms with Crippen LogP contribution < -0.4 is 5.32 Å². The smallest absolute Gasteiger partial charge is 0.225 e. The highest BCUT2D eigenvalue weighted by atomic mass is 32.2. The maximum Gasteiger partial charge on any atom is 0.225 e. The fourth-order valence-corrected chi connectivity index (χ4v) is 1.92. The first-order valence-corrected chi connectivity index (χ1v) is 6.10. The largest absolute Gasteiger partial charge is 0.343 e. The van der Waals surface area contributed by atoms with Gasteiger partial charge in [0.25, 0.3) is 0 Å². The van der Waals surface area contributed by atoms with Crippen LogP contribution in [0.25, 0.3) is 0 Å². The molecule has 0 atom stereocenters. The van der Waals surface area contributed by atoms with Gasteiger partial charge in [-0.2, -0.15) is 5.26 Å².